The van der Waals surface area contributed by atoms with Crippen LogP contribution in [0.15, 0.2) is 42.7 Å². The Balaban J connectivity index is 1.85. The van der Waals surface area contributed by atoms with E-state index in [2.05, 4.69) is 20.5 Å². The molecule has 0 saturated carbocycles. The Morgan fingerprint density at radius 2 is 1.92 bits per heavy atom. The average molecular weight is 359 g/mol. The minimum atomic E-state index is -0.391. The Morgan fingerprint density at radius 3 is 2.60 bits per heavy atom. The first-order chi connectivity index (χ1) is 12.1. The molecule has 0 aliphatic carbocycles. The van der Waals surface area contributed by atoms with Gasteiger partial charge in [-0.05, 0) is 18.2 Å². The Labute approximate surface area is 148 Å². The lowest BCUT2D eigenvalue weighted by atomic mass is 10.2. The summed E-state index contributed by atoms with van der Waals surface area (Å²) < 4.78 is 10.4. The summed E-state index contributed by atoms with van der Waals surface area (Å²) in [4.78, 5) is 16.4. The van der Waals surface area contributed by atoms with Gasteiger partial charge in [-0.3, -0.25) is 14.9 Å². The fourth-order valence-electron chi connectivity index (χ4n) is 2.25. The summed E-state index contributed by atoms with van der Waals surface area (Å²) in [7, 11) is 3.01. The molecular weight excluding hydrogens is 344 g/mol. The van der Waals surface area contributed by atoms with Gasteiger partial charge in [-0.15, -0.1) is 0 Å². The zero-order valence-electron chi connectivity index (χ0n) is 13.5. The van der Waals surface area contributed by atoms with Gasteiger partial charge in [-0.1, -0.05) is 11.6 Å². The highest BCUT2D eigenvalue weighted by Gasteiger charge is 2.17. The van der Waals surface area contributed by atoms with Gasteiger partial charge in [0.05, 0.1) is 24.9 Å². The molecule has 1 amide bonds. The summed E-state index contributed by atoms with van der Waals surface area (Å²) in [6.45, 7) is 0. The van der Waals surface area contributed by atoms with Gasteiger partial charge in [0.15, 0.2) is 0 Å². The third kappa shape index (κ3) is 3.56. The normalized spacial score (nSPS) is 10.4. The first-order valence-electron chi connectivity index (χ1n) is 7.31. The smallest absolute Gasteiger partial charge is 0.273 e. The van der Waals surface area contributed by atoms with E-state index in [1.807, 2.05) is 0 Å². The summed E-state index contributed by atoms with van der Waals surface area (Å²) >= 11 is 6.22. The number of hydrogen-bond donors (Lipinski definition) is 2. The van der Waals surface area contributed by atoms with Gasteiger partial charge in [0.2, 0.25) is 0 Å². The summed E-state index contributed by atoms with van der Waals surface area (Å²) in [5, 5.41) is 9.89. The zero-order valence-corrected chi connectivity index (χ0v) is 14.3. The Kier molecular flexibility index (Phi) is 4.85. The van der Waals surface area contributed by atoms with Crippen molar-refractivity contribution in [1.29, 1.82) is 0 Å². The molecule has 2 N–H and O–H groups in total. The van der Waals surface area contributed by atoms with Crippen LogP contribution in [0.25, 0.3) is 11.3 Å². The second kappa shape index (κ2) is 7.23. The molecule has 7 nitrogen and oxygen atoms in total. The molecule has 128 valence electrons. The molecule has 0 bridgehead atoms. The van der Waals surface area contributed by atoms with Crippen LogP contribution in [0.2, 0.25) is 5.02 Å². The van der Waals surface area contributed by atoms with Crippen molar-refractivity contribution in [1.82, 2.24) is 15.2 Å². The molecule has 0 radical (unpaired) electrons. The highest BCUT2D eigenvalue weighted by atomic mass is 35.5. The minimum Gasteiger partial charge on any atom is -0.497 e. The average Bonchev–Trinajstić information content (AvgIpc) is 3.14. The van der Waals surface area contributed by atoms with Gasteiger partial charge in [-0.25, -0.2) is 0 Å². The quantitative estimate of drug-likeness (QED) is 0.729. The van der Waals surface area contributed by atoms with Crippen LogP contribution in [0, 0.1) is 0 Å². The van der Waals surface area contributed by atoms with Crippen LogP contribution in [0.5, 0.6) is 11.5 Å². The van der Waals surface area contributed by atoms with Gasteiger partial charge in [-0.2, -0.15) is 5.10 Å². The van der Waals surface area contributed by atoms with E-state index in [-0.39, 0.29) is 0 Å². The number of hydrogen-bond acceptors (Lipinski definition) is 5. The SMILES string of the molecule is COc1cc(Cl)c(NC(=O)c2cc(-c3ccncc3)n[nH]2)c(OC)c1. The molecule has 0 aliphatic rings. The maximum atomic E-state index is 12.5. The molecule has 0 aliphatic heterocycles. The second-order valence-corrected chi connectivity index (χ2v) is 5.45. The van der Waals surface area contributed by atoms with Gasteiger partial charge >= 0.3 is 0 Å². The molecule has 3 aromatic rings. The number of amides is 1. The number of aromatic amines is 1. The fourth-order valence-corrected chi connectivity index (χ4v) is 2.50. The van der Waals surface area contributed by atoms with Gasteiger partial charge in [0.1, 0.15) is 22.9 Å². The van der Waals surface area contributed by atoms with E-state index in [0.29, 0.717) is 33.6 Å². The van der Waals surface area contributed by atoms with Crippen LogP contribution in [0.3, 0.4) is 0 Å². The van der Waals surface area contributed by atoms with Crippen molar-refractivity contribution in [2.24, 2.45) is 0 Å². The van der Waals surface area contributed by atoms with Crippen molar-refractivity contribution >= 4 is 23.2 Å². The maximum Gasteiger partial charge on any atom is 0.273 e. The molecule has 0 atom stereocenters. The molecule has 8 heteroatoms. The molecule has 25 heavy (non-hydrogen) atoms. The number of pyridine rings is 1. The summed E-state index contributed by atoms with van der Waals surface area (Å²) in [6.07, 6.45) is 3.32. The molecule has 2 aromatic heterocycles. The van der Waals surface area contributed by atoms with Crippen molar-refractivity contribution in [2.75, 3.05) is 19.5 Å². The van der Waals surface area contributed by atoms with E-state index in [1.165, 1.54) is 14.2 Å². The van der Waals surface area contributed by atoms with E-state index in [9.17, 15) is 4.79 Å². The number of anilines is 1. The monoisotopic (exact) mass is 358 g/mol. The van der Waals surface area contributed by atoms with E-state index in [0.717, 1.165) is 5.56 Å². The van der Waals surface area contributed by atoms with E-state index in [4.69, 9.17) is 21.1 Å². The number of nitrogens with zero attached hydrogens (tertiary/aromatic N) is 2. The highest BCUT2D eigenvalue weighted by molar-refractivity contribution is 6.34. The van der Waals surface area contributed by atoms with Crippen LogP contribution in [0.4, 0.5) is 5.69 Å². The number of aromatic nitrogens is 3. The van der Waals surface area contributed by atoms with Crippen molar-refractivity contribution in [2.45, 2.75) is 0 Å². The number of carbonyl (C=O) groups excluding carboxylic acids is 1. The van der Waals surface area contributed by atoms with Crippen molar-refractivity contribution in [3.63, 3.8) is 0 Å². The Morgan fingerprint density at radius 1 is 1.16 bits per heavy atom. The lowest BCUT2D eigenvalue weighted by Gasteiger charge is -2.13. The number of halogens is 1. The van der Waals surface area contributed by atoms with Gasteiger partial charge < -0.3 is 14.8 Å². The number of carbonyl (C=O) groups is 1. The number of benzene rings is 1. The van der Waals surface area contributed by atoms with E-state index < -0.39 is 5.91 Å². The van der Waals surface area contributed by atoms with E-state index >= 15 is 0 Å². The number of ether oxygens (including phenoxy) is 2. The fraction of sp³-hybridized carbons (Fsp3) is 0.118. The molecule has 1 aromatic carbocycles. The van der Waals surface area contributed by atoms with E-state index in [1.54, 1.807) is 42.7 Å². The standard InChI is InChI=1S/C17H15ClN4O3/c1-24-11-7-12(18)16(15(8-11)25-2)20-17(23)14-9-13(21-22-14)10-3-5-19-6-4-10/h3-9H,1-2H3,(H,20,23)(H,21,22). The van der Waals surface area contributed by atoms with Crippen LogP contribution in [-0.2, 0) is 0 Å². The van der Waals surface area contributed by atoms with Crippen molar-refractivity contribution < 1.29 is 14.3 Å². The number of nitrogens with one attached hydrogen (secondary N) is 2. The van der Waals surface area contributed by atoms with Crippen LogP contribution in [-0.4, -0.2) is 35.3 Å². The summed E-state index contributed by atoms with van der Waals surface area (Å²) in [5.41, 5.74) is 2.14. The van der Waals surface area contributed by atoms with Crippen LogP contribution < -0.4 is 14.8 Å². The summed E-state index contributed by atoms with van der Waals surface area (Å²) in [6, 6.07) is 8.49. The number of H-pyrrole nitrogens is 1. The molecule has 2 heterocycles. The molecule has 0 spiro atoms. The van der Waals surface area contributed by atoms with Crippen LogP contribution in [0.1, 0.15) is 10.5 Å². The largest absolute Gasteiger partial charge is 0.497 e. The predicted molar refractivity (Wildman–Crippen MR) is 94.3 cm³/mol. The second-order valence-electron chi connectivity index (χ2n) is 5.04. The molecule has 0 saturated heterocycles. The van der Waals surface area contributed by atoms with Crippen molar-refractivity contribution in [3.8, 4) is 22.8 Å². The molecule has 0 unspecified atom stereocenters. The lowest BCUT2D eigenvalue weighted by Crippen LogP contribution is -2.13. The molecule has 0 fully saturated rings. The first kappa shape index (κ1) is 16.8. The lowest BCUT2D eigenvalue weighted by molar-refractivity contribution is 0.102. The Hall–Kier alpha value is -3.06. The van der Waals surface area contributed by atoms with Gasteiger partial charge in [0, 0.05) is 30.1 Å². The third-order valence-electron chi connectivity index (χ3n) is 3.52. The number of methoxy groups -OCH3 is 2. The maximum absolute atomic E-state index is 12.5. The molecule has 3 rings (SSSR count). The third-order valence-corrected chi connectivity index (χ3v) is 3.82. The summed E-state index contributed by atoms with van der Waals surface area (Å²) in [5.74, 6) is 0.533. The Bertz CT molecular complexity index is 896. The predicted octanol–water partition coefficient (Wildman–Crippen LogP) is 3.39. The van der Waals surface area contributed by atoms with Gasteiger partial charge in [0.25, 0.3) is 5.91 Å². The molecular formula is C17H15ClN4O3. The first-order valence-corrected chi connectivity index (χ1v) is 7.69. The minimum absolute atomic E-state index is 0.292. The number of rotatable bonds is 5. The van der Waals surface area contributed by atoms with Crippen molar-refractivity contribution in [3.05, 3.63) is 53.4 Å². The highest BCUT2D eigenvalue weighted by Crippen LogP contribution is 2.37. The topological polar surface area (TPSA) is 89.1 Å². The van der Waals surface area contributed by atoms with Crippen LogP contribution >= 0.6 is 11.6 Å². The zero-order chi connectivity index (χ0) is 17.8.